The van der Waals surface area contributed by atoms with E-state index in [2.05, 4.69) is 15.5 Å². The van der Waals surface area contributed by atoms with Crippen LogP contribution in [0.2, 0.25) is 0 Å². The van der Waals surface area contributed by atoms with Crippen LogP contribution in [-0.2, 0) is 22.6 Å². The molecule has 1 unspecified atom stereocenters. The lowest BCUT2D eigenvalue weighted by molar-refractivity contribution is -0.131. The Balaban J connectivity index is 1.36. The third-order valence-corrected chi connectivity index (χ3v) is 4.98. The van der Waals surface area contributed by atoms with Crippen molar-refractivity contribution in [3.05, 3.63) is 66.2 Å². The molecule has 3 heterocycles. The van der Waals surface area contributed by atoms with Crippen LogP contribution in [0.3, 0.4) is 0 Å². The number of anilines is 1. The molecule has 1 N–H and O–H groups in total. The summed E-state index contributed by atoms with van der Waals surface area (Å²) in [5, 5.41) is 11.1. The van der Waals surface area contributed by atoms with Crippen molar-refractivity contribution in [2.45, 2.75) is 26.1 Å². The lowest BCUT2D eigenvalue weighted by atomic mass is 10.1. The molecule has 1 atom stereocenters. The average Bonchev–Trinajstić information content (AvgIpc) is 3.46. The second-order valence-corrected chi connectivity index (χ2v) is 7.09. The monoisotopic (exact) mass is 408 g/mol. The standard InChI is InChI=1S/C21H24N6O3/c1-2-26-14-18(12-23-26)24-20(28)19-15-25(10-11-30-19)21(29)17-6-4-16(5-7-17)13-27-9-3-8-22-27/h3-9,12,14,19H,2,10-11,13,15H2,1H3,(H,24,28). The second-order valence-electron chi connectivity index (χ2n) is 7.09. The Bertz CT molecular complexity index is 996. The van der Waals surface area contributed by atoms with Crippen LogP contribution in [-0.4, -0.2) is 62.1 Å². The quantitative estimate of drug-likeness (QED) is 0.669. The van der Waals surface area contributed by atoms with E-state index < -0.39 is 6.10 Å². The Morgan fingerprint density at radius 1 is 1.20 bits per heavy atom. The summed E-state index contributed by atoms with van der Waals surface area (Å²) in [6.45, 7) is 4.31. The van der Waals surface area contributed by atoms with Crippen LogP contribution in [0.5, 0.6) is 0 Å². The number of hydrogen-bond acceptors (Lipinski definition) is 5. The maximum Gasteiger partial charge on any atom is 0.255 e. The van der Waals surface area contributed by atoms with Crippen molar-refractivity contribution in [2.75, 3.05) is 25.0 Å². The van der Waals surface area contributed by atoms with Gasteiger partial charge < -0.3 is 15.0 Å². The minimum absolute atomic E-state index is 0.111. The van der Waals surface area contributed by atoms with Gasteiger partial charge >= 0.3 is 0 Å². The molecule has 1 saturated heterocycles. The highest BCUT2D eigenvalue weighted by atomic mass is 16.5. The highest BCUT2D eigenvalue weighted by Crippen LogP contribution is 2.14. The van der Waals surface area contributed by atoms with Gasteiger partial charge in [-0.15, -0.1) is 0 Å². The van der Waals surface area contributed by atoms with Gasteiger partial charge in [-0.3, -0.25) is 19.0 Å². The predicted molar refractivity (Wildman–Crippen MR) is 110 cm³/mol. The number of nitrogens with zero attached hydrogens (tertiary/aromatic N) is 5. The van der Waals surface area contributed by atoms with Crippen LogP contribution in [0.4, 0.5) is 5.69 Å². The molecule has 9 nitrogen and oxygen atoms in total. The van der Waals surface area contributed by atoms with Gasteiger partial charge in [0, 0.05) is 37.2 Å². The van der Waals surface area contributed by atoms with Gasteiger partial charge in [-0.2, -0.15) is 10.2 Å². The lowest BCUT2D eigenvalue weighted by Crippen LogP contribution is -2.50. The topological polar surface area (TPSA) is 94.3 Å². The summed E-state index contributed by atoms with van der Waals surface area (Å²) in [6, 6.07) is 9.34. The van der Waals surface area contributed by atoms with Crippen molar-refractivity contribution in [3.63, 3.8) is 0 Å². The van der Waals surface area contributed by atoms with Crippen molar-refractivity contribution in [3.8, 4) is 0 Å². The number of morpholine rings is 1. The van der Waals surface area contributed by atoms with E-state index in [0.717, 1.165) is 12.1 Å². The molecule has 0 spiro atoms. The third kappa shape index (κ3) is 4.57. The smallest absolute Gasteiger partial charge is 0.255 e. The molecule has 3 aromatic rings. The van der Waals surface area contributed by atoms with Gasteiger partial charge in [0.05, 0.1) is 31.6 Å². The second kappa shape index (κ2) is 8.91. The molecule has 2 amide bonds. The number of rotatable bonds is 6. The highest BCUT2D eigenvalue weighted by molar-refractivity contribution is 5.97. The first-order valence-electron chi connectivity index (χ1n) is 9.93. The summed E-state index contributed by atoms with van der Waals surface area (Å²) in [5.74, 6) is -0.390. The van der Waals surface area contributed by atoms with Gasteiger partial charge in [0.15, 0.2) is 6.10 Å². The van der Waals surface area contributed by atoms with E-state index in [1.54, 1.807) is 28.2 Å². The molecule has 0 radical (unpaired) electrons. The maximum absolute atomic E-state index is 12.9. The first kappa shape index (κ1) is 19.8. The van der Waals surface area contributed by atoms with Crippen molar-refractivity contribution in [1.82, 2.24) is 24.5 Å². The highest BCUT2D eigenvalue weighted by Gasteiger charge is 2.30. The summed E-state index contributed by atoms with van der Waals surface area (Å²) >= 11 is 0. The molecule has 1 aliphatic heterocycles. The van der Waals surface area contributed by atoms with Crippen LogP contribution in [0.15, 0.2) is 55.1 Å². The Morgan fingerprint density at radius 3 is 2.73 bits per heavy atom. The molecular formula is C21H24N6O3. The summed E-state index contributed by atoms with van der Waals surface area (Å²) in [6.07, 6.45) is 6.27. The predicted octanol–water partition coefficient (Wildman–Crippen LogP) is 1.63. The first-order chi connectivity index (χ1) is 14.6. The fraction of sp³-hybridized carbons (Fsp3) is 0.333. The molecule has 9 heteroatoms. The molecule has 4 rings (SSSR count). The molecular weight excluding hydrogens is 384 g/mol. The van der Waals surface area contributed by atoms with Crippen LogP contribution < -0.4 is 5.32 Å². The Morgan fingerprint density at radius 2 is 2.03 bits per heavy atom. The Hall–Kier alpha value is -3.46. The van der Waals surface area contributed by atoms with E-state index in [4.69, 9.17) is 4.74 Å². The fourth-order valence-corrected chi connectivity index (χ4v) is 3.33. The molecule has 0 saturated carbocycles. The lowest BCUT2D eigenvalue weighted by Gasteiger charge is -2.32. The van der Waals surface area contributed by atoms with Gasteiger partial charge in [-0.25, -0.2) is 0 Å². The fourth-order valence-electron chi connectivity index (χ4n) is 3.33. The van der Waals surface area contributed by atoms with Crippen molar-refractivity contribution in [1.29, 1.82) is 0 Å². The zero-order valence-electron chi connectivity index (χ0n) is 16.8. The number of amides is 2. The van der Waals surface area contributed by atoms with Gasteiger partial charge in [0.1, 0.15) is 0 Å². The van der Waals surface area contributed by atoms with Crippen molar-refractivity contribution < 1.29 is 14.3 Å². The number of nitrogens with one attached hydrogen (secondary N) is 1. The van der Waals surface area contributed by atoms with Crippen molar-refractivity contribution in [2.24, 2.45) is 0 Å². The molecule has 0 aliphatic carbocycles. The average molecular weight is 408 g/mol. The first-order valence-corrected chi connectivity index (χ1v) is 9.93. The third-order valence-electron chi connectivity index (χ3n) is 4.98. The molecule has 2 aromatic heterocycles. The summed E-state index contributed by atoms with van der Waals surface area (Å²) in [7, 11) is 0. The maximum atomic E-state index is 12.9. The molecule has 1 aromatic carbocycles. The summed E-state index contributed by atoms with van der Waals surface area (Å²) in [5.41, 5.74) is 2.26. The van der Waals surface area contributed by atoms with Gasteiger partial charge in [0.2, 0.25) is 0 Å². The molecule has 0 bridgehead atoms. The number of carbonyl (C=O) groups is 2. The number of carbonyl (C=O) groups excluding carboxylic acids is 2. The van der Waals surface area contributed by atoms with E-state index in [-0.39, 0.29) is 18.4 Å². The number of aromatic nitrogens is 4. The van der Waals surface area contributed by atoms with E-state index >= 15 is 0 Å². The van der Waals surface area contributed by atoms with Gasteiger partial charge in [0.25, 0.3) is 11.8 Å². The summed E-state index contributed by atoms with van der Waals surface area (Å²) in [4.78, 5) is 27.1. The van der Waals surface area contributed by atoms with Crippen molar-refractivity contribution >= 4 is 17.5 Å². The minimum Gasteiger partial charge on any atom is -0.365 e. The van der Waals surface area contributed by atoms with Gasteiger partial charge in [-0.05, 0) is 30.7 Å². The van der Waals surface area contributed by atoms with E-state index in [0.29, 0.717) is 30.9 Å². The van der Waals surface area contributed by atoms with E-state index in [9.17, 15) is 9.59 Å². The molecule has 1 fully saturated rings. The molecule has 30 heavy (non-hydrogen) atoms. The number of ether oxygens (including phenoxy) is 1. The van der Waals surface area contributed by atoms with Crippen LogP contribution >= 0.6 is 0 Å². The zero-order chi connectivity index (χ0) is 20.9. The van der Waals surface area contributed by atoms with Crippen LogP contribution in [0.1, 0.15) is 22.8 Å². The normalized spacial score (nSPS) is 16.4. The Kier molecular flexibility index (Phi) is 5.89. The summed E-state index contributed by atoms with van der Waals surface area (Å²) < 4.78 is 9.15. The molecule has 1 aliphatic rings. The SMILES string of the molecule is CCn1cc(NC(=O)C2CN(C(=O)c3ccc(Cn4cccn4)cc3)CCO2)cn1. The van der Waals surface area contributed by atoms with Crippen LogP contribution in [0.25, 0.3) is 0 Å². The van der Waals surface area contributed by atoms with Crippen LogP contribution in [0, 0.1) is 0 Å². The Labute approximate surface area is 174 Å². The van der Waals surface area contributed by atoms with E-state index in [1.165, 1.54) is 0 Å². The zero-order valence-corrected chi connectivity index (χ0v) is 16.8. The minimum atomic E-state index is -0.716. The van der Waals surface area contributed by atoms with Gasteiger partial charge in [-0.1, -0.05) is 12.1 Å². The number of hydrogen-bond donors (Lipinski definition) is 1. The largest absolute Gasteiger partial charge is 0.365 e. The van der Waals surface area contributed by atoms with E-state index in [1.807, 2.05) is 48.1 Å². The molecule has 156 valence electrons. The number of benzene rings is 1. The number of aryl methyl sites for hydroxylation is 1.